The summed E-state index contributed by atoms with van der Waals surface area (Å²) in [5.41, 5.74) is 26.1. The molecule has 360 valence electrons. The van der Waals surface area contributed by atoms with Gasteiger partial charge in [0.2, 0.25) is 0 Å². The van der Waals surface area contributed by atoms with Crippen LogP contribution >= 0.6 is 0 Å². The van der Waals surface area contributed by atoms with E-state index in [1.807, 2.05) is 0 Å². The molecule has 0 atom stereocenters. The van der Waals surface area contributed by atoms with Crippen LogP contribution in [0.2, 0.25) is 0 Å². The van der Waals surface area contributed by atoms with Crippen molar-refractivity contribution in [2.24, 2.45) is 0 Å². The summed E-state index contributed by atoms with van der Waals surface area (Å²) in [6, 6.07) is 98.5. The average molecular weight is 970 g/mol. The number of hydrogen-bond donors (Lipinski definition) is 0. The zero-order chi connectivity index (χ0) is 50.9. The van der Waals surface area contributed by atoms with Crippen LogP contribution in [0.4, 0.5) is 17.1 Å². The fourth-order valence-corrected chi connectivity index (χ4v) is 14.0. The van der Waals surface area contributed by atoms with Crippen LogP contribution in [0.3, 0.4) is 0 Å². The third kappa shape index (κ3) is 6.39. The van der Waals surface area contributed by atoms with E-state index in [0.717, 1.165) is 17.1 Å². The molecule has 0 unspecified atom stereocenters. The van der Waals surface area contributed by atoms with Gasteiger partial charge in [-0.1, -0.05) is 234 Å². The summed E-state index contributed by atoms with van der Waals surface area (Å²) in [4.78, 5) is 2.49. The van der Waals surface area contributed by atoms with E-state index in [2.05, 4.69) is 293 Å². The summed E-state index contributed by atoms with van der Waals surface area (Å²) in [6.07, 6.45) is 0. The summed E-state index contributed by atoms with van der Waals surface area (Å²) in [5, 5.41) is 4.90. The molecule has 3 aliphatic carbocycles. The van der Waals surface area contributed by atoms with E-state index in [1.165, 1.54) is 122 Å². The Balaban J connectivity index is 0.878. The molecule has 1 nitrogen and oxygen atoms in total. The number of rotatable bonds is 7. The van der Waals surface area contributed by atoms with E-state index in [0.29, 0.717) is 0 Å². The lowest BCUT2D eigenvalue weighted by atomic mass is 9.67. The summed E-state index contributed by atoms with van der Waals surface area (Å²) in [7, 11) is 0. The van der Waals surface area contributed by atoms with Crippen LogP contribution in [0.1, 0.15) is 72.2 Å². The van der Waals surface area contributed by atoms with E-state index < -0.39 is 5.41 Å². The largest absolute Gasteiger partial charge is 0.310 e. The highest BCUT2D eigenvalue weighted by molar-refractivity contribution is 6.00. The molecular formula is C75H55N. The number of benzene rings is 12. The molecule has 0 saturated carbocycles. The first kappa shape index (κ1) is 44.4. The Morgan fingerprint density at radius 1 is 0.250 bits per heavy atom. The number of hydrogen-bond acceptors (Lipinski definition) is 1. The first-order valence-corrected chi connectivity index (χ1v) is 26.9. The first-order valence-electron chi connectivity index (χ1n) is 26.9. The van der Waals surface area contributed by atoms with Crippen LogP contribution in [0.5, 0.6) is 0 Å². The molecule has 0 fully saturated rings. The topological polar surface area (TPSA) is 3.24 Å². The Bertz CT molecular complexity index is 4200. The normalized spacial score (nSPS) is 14.6. The van der Waals surface area contributed by atoms with E-state index in [4.69, 9.17) is 0 Å². The summed E-state index contributed by atoms with van der Waals surface area (Å²) >= 11 is 0. The molecule has 12 aromatic rings. The van der Waals surface area contributed by atoms with Gasteiger partial charge in [-0.05, 0) is 176 Å². The van der Waals surface area contributed by atoms with Crippen molar-refractivity contribution in [2.75, 3.05) is 4.90 Å². The summed E-state index contributed by atoms with van der Waals surface area (Å²) in [5.74, 6) is 0. The van der Waals surface area contributed by atoms with Crippen molar-refractivity contribution in [1.82, 2.24) is 0 Å². The molecule has 12 aromatic carbocycles. The van der Waals surface area contributed by atoms with Gasteiger partial charge in [0.05, 0.1) is 5.41 Å². The van der Waals surface area contributed by atoms with E-state index in [1.54, 1.807) is 0 Å². The fourth-order valence-electron chi connectivity index (χ4n) is 14.0. The highest BCUT2D eigenvalue weighted by Gasteiger charge is 2.47. The molecule has 0 radical (unpaired) electrons. The molecule has 0 N–H and O–H groups in total. The average Bonchev–Trinajstić information content (AvgIpc) is 4.16. The van der Waals surface area contributed by atoms with Crippen LogP contribution in [0.15, 0.2) is 261 Å². The zero-order valence-electron chi connectivity index (χ0n) is 43.3. The molecule has 0 saturated heterocycles. The summed E-state index contributed by atoms with van der Waals surface area (Å²) in [6.45, 7) is 9.50. The van der Waals surface area contributed by atoms with Crippen molar-refractivity contribution in [2.45, 2.75) is 43.9 Å². The minimum absolute atomic E-state index is 0.128. The van der Waals surface area contributed by atoms with E-state index in [9.17, 15) is 0 Å². The second-order valence-electron chi connectivity index (χ2n) is 22.4. The van der Waals surface area contributed by atoms with Crippen molar-refractivity contribution >= 4 is 38.6 Å². The molecular weight excluding hydrogens is 915 g/mol. The van der Waals surface area contributed by atoms with Gasteiger partial charge in [-0.15, -0.1) is 0 Å². The van der Waals surface area contributed by atoms with E-state index in [-0.39, 0.29) is 10.8 Å². The minimum atomic E-state index is -0.545. The van der Waals surface area contributed by atoms with Gasteiger partial charge in [0.25, 0.3) is 0 Å². The van der Waals surface area contributed by atoms with Crippen molar-refractivity contribution in [3.8, 4) is 55.6 Å². The Morgan fingerprint density at radius 2 is 0.671 bits per heavy atom. The summed E-state index contributed by atoms with van der Waals surface area (Å²) < 4.78 is 0. The van der Waals surface area contributed by atoms with Crippen molar-refractivity contribution in [1.29, 1.82) is 0 Å². The van der Waals surface area contributed by atoms with Crippen molar-refractivity contribution < 1.29 is 0 Å². The SMILES string of the molecule is CC1(C)c2ccccc2-c2ccc(N(c3ccc4c(c3)C(C)(C)c3ccccc3-4)c3ccc4cc(-c5ccc6c(c5)C(c5ccccc5)(c5ccccc5)c5cccc(-c7ccc8ccccc8c7)c5-6)ccc4c3)cc21. The predicted molar refractivity (Wildman–Crippen MR) is 319 cm³/mol. The van der Waals surface area contributed by atoms with Gasteiger partial charge >= 0.3 is 0 Å². The lowest BCUT2D eigenvalue weighted by molar-refractivity contribution is 0.660. The maximum Gasteiger partial charge on any atom is 0.0714 e. The molecule has 0 aromatic heterocycles. The van der Waals surface area contributed by atoms with Crippen LogP contribution in [-0.4, -0.2) is 0 Å². The maximum absolute atomic E-state index is 2.50. The quantitative estimate of drug-likeness (QED) is 0.154. The molecule has 0 amide bonds. The molecule has 76 heavy (non-hydrogen) atoms. The smallest absolute Gasteiger partial charge is 0.0714 e. The second-order valence-corrected chi connectivity index (χ2v) is 22.4. The zero-order valence-corrected chi connectivity index (χ0v) is 43.3. The standard InChI is InChI=1S/C75H55N/c1-73(2)66-27-15-13-24-61(66)63-40-37-58(46-69(63)73)76(59-38-41-64-62-25-14-16-28-67(62)74(3,4)70(64)47-59)57-36-34-51-42-50(31-32-52(51)44-57)53-35-39-65-71(45-53)75(55-20-7-5-8-21-55,56-22-9-6-10-23-56)68-29-17-26-60(72(65)68)54-33-30-48-18-11-12-19-49(48)43-54/h5-47H,1-4H3. The van der Waals surface area contributed by atoms with Crippen LogP contribution < -0.4 is 4.90 Å². The Labute approximate surface area is 446 Å². The van der Waals surface area contributed by atoms with Crippen molar-refractivity contribution in [3.05, 3.63) is 305 Å². The number of anilines is 3. The second kappa shape index (κ2) is 16.5. The Morgan fingerprint density at radius 3 is 1.33 bits per heavy atom. The maximum atomic E-state index is 2.50. The lowest BCUT2D eigenvalue weighted by Crippen LogP contribution is -2.28. The number of fused-ring (bicyclic) bond motifs is 11. The lowest BCUT2D eigenvalue weighted by Gasteiger charge is -2.34. The van der Waals surface area contributed by atoms with Crippen LogP contribution in [0.25, 0.3) is 77.2 Å². The van der Waals surface area contributed by atoms with Gasteiger partial charge in [-0.25, -0.2) is 0 Å². The fraction of sp³-hybridized carbons (Fsp3) is 0.0933. The molecule has 15 rings (SSSR count). The number of nitrogens with zero attached hydrogens (tertiary/aromatic N) is 1. The van der Waals surface area contributed by atoms with Crippen LogP contribution in [-0.2, 0) is 16.2 Å². The molecule has 0 heterocycles. The Kier molecular flexibility index (Phi) is 9.64. The minimum Gasteiger partial charge on any atom is -0.310 e. The van der Waals surface area contributed by atoms with Gasteiger partial charge < -0.3 is 4.90 Å². The van der Waals surface area contributed by atoms with Gasteiger partial charge in [0.1, 0.15) is 0 Å². The van der Waals surface area contributed by atoms with Gasteiger partial charge in [0, 0.05) is 27.9 Å². The molecule has 0 aliphatic heterocycles. The van der Waals surface area contributed by atoms with Gasteiger partial charge in [-0.3, -0.25) is 0 Å². The highest BCUT2D eigenvalue weighted by Crippen LogP contribution is 2.60. The third-order valence-corrected chi connectivity index (χ3v) is 17.7. The highest BCUT2D eigenvalue weighted by atomic mass is 15.1. The Hall–Kier alpha value is -9.04. The van der Waals surface area contributed by atoms with Gasteiger partial charge in [-0.2, -0.15) is 0 Å². The first-order chi connectivity index (χ1) is 37.2. The molecule has 0 bridgehead atoms. The van der Waals surface area contributed by atoms with Crippen molar-refractivity contribution in [3.63, 3.8) is 0 Å². The molecule has 1 heteroatoms. The molecule has 3 aliphatic rings. The monoisotopic (exact) mass is 969 g/mol. The third-order valence-electron chi connectivity index (χ3n) is 17.7. The van der Waals surface area contributed by atoms with E-state index >= 15 is 0 Å². The predicted octanol–water partition coefficient (Wildman–Crippen LogP) is 19.8. The van der Waals surface area contributed by atoms with Gasteiger partial charge in [0.15, 0.2) is 0 Å². The van der Waals surface area contributed by atoms with Crippen LogP contribution in [0, 0.1) is 0 Å². The molecule has 0 spiro atoms.